The van der Waals surface area contributed by atoms with E-state index in [4.69, 9.17) is 4.74 Å². The third-order valence-electron chi connectivity index (χ3n) is 5.90. The van der Waals surface area contributed by atoms with Gasteiger partial charge < -0.3 is 10.3 Å². The van der Waals surface area contributed by atoms with Crippen molar-refractivity contribution in [2.24, 2.45) is 5.92 Å². The Kier molecular flexibility index (Phi) is 8.74. The number of benzene rings is 2. The van der Waals surface area contributed by atoms with E-state index in [-0.39, 0.29) is 17.5 Å². The molecule has 0 radical (unpaired) electrons. The smallest absolute Gasteiger partial charge is 0.419 e. The van der Waals surface area contributed by atoms with Crippen molar-refractivity contribution in [2.75, 3.05) is 0 Å². The average molecular weight is 463 g/mol. The van der Waals surface area contributed by atoms with Crippen LogP contribution < -0.4 is 5.43 Å². The third-order valence-corrected chi connectivity index (χ3v) is 5.90. The summed E-state index contributed by atoms with van der Waals surface area (Å²) in [4.78, 5) is 29.7. The number of nitrogens with zero attached hydrogens (tertiary/aromatic N) is 3. The largest absolute Gasteiger partial charge is 0.451 e. The molecule has 180 valence electrons. The Morgan fingerprint density at radius 3 is 2.18 bits per heavy atom. The molecule has 1 amide bonds. The Morgan fingerprint density at radius 1 is 1.03 bits per heavy atom. The number of amides is 1. The van der Waals surface area contributed by atoms with Crippen molar-refractivity contribution in [1.29, 1.82) is 0 Å². The molecule has 0 unspecified atom stereocenters. The number of nitrogens with one attached hydrogen (secondary N) is 1. The molecule has 2 aromatic rings. The Bertz CT molecular complexity index is 1010. The lowest BCUT2D eigenvalue weighted by atomic mass is 9.81. The summed E-state index contributed by atoms with van der Waals surface area (Å²) in [6, 6.07) is 18.0. The highest BCUT2D eigenvalue weighted by molar-refractivity contribution is 6.36. The first-order valence-corrected chi connectivity index (χ1v) is 11.9. The van der Waals surface area contributed by atoms with Crippen LogP contribution in [0.25, 0.3) is 5.53 Å². The monoisotopic (exact) mass is 462 g/mol. The molecule has 0 aromatic heterocycles. The zero-order valence-electron chi connectivity index (χ0n) is 20.2. The van der Waals surface area contributed by atoms with Crippen molar-refractivity contribution in [1.82, 2.24) is 10.4 Å². The summed E-state index contributed by atoms with van der Waals surface area (Å²) >= 11 is 0. The van der Waals surface area contributed by atoms with E-state index in [1.807, 2.05) is 36.4 Å². The van der Waals surface area contributed by atoms with E-state index in [0.717, 1.165) is 37.7 Å². The van der Waals surface area contributed by atoms with Gasteiger partial charge in [0.1, 0.15) is 11.6 Å². The van der Waals surface area contributed by atoms with Crippen molar-refractivity contribution in [3.8, 4) is 0 Å². The first-order valence-electron chi connectivity index (χ1n) is 11.9. The number of rotatable bonds is 8. The predicted molar refractivity (Wildman–Crippen MR) is 131 cm³/mol. The summed E-state index contributed by atoms with van der Waals surface area (Å²) in [6.07, 6.45) is 4.87. The summed E-state index contributed by atoms with van der Waals surface area (Å²) in [5, 5.41) is 1.74. The topological polar surface area (TPSA) is 95.0 Å². The molecule has 1 atom stereocenters. The molecule has 2 aromatic carbocycles. The molecule has 1 aliphatic rings. The molecule has 1 aliphatic carbocycles. The number of hydrogen-bond acceptors (Lipinski definition) is 4. The van der Waals surface area contributed by atoms with E-state index >= 15 is 0 Å². The Balaban J connectivity index is 2.01. The molecule has 0 aliphatic heterocycles. The lowest BCUT2D eigenvalue weighted by Crippen LogP contribution is -2.57. The number of hydrazine groups is 1. The van der Waals surface area contributed by atoms with Crippen molar-refractivity contribution < 1.29 is 19.1 Å². The third kappa shape index (κ3) is 7.11. The number of esters is 1. The van der Waals surface area contributed by atoms with Crippen molar-refractivity contribution in [2.45, 2.75) is 71.1 Å². The van der Waals surface area contributed by atoms with Crippen molar-refractivity contribution in [3.05, 3.63) is 77.3 Å². The van der Waals surface area contributed by atoms with Gasteiger partial charge in [0.25, 0.3) is 5.91 Å². The number of carbonyl (C=O) groups excluding carboxylic acids is 2. The van der Waals surface area contributed by atoms with Gasteiger partial charge in [0.05, 0.1) is 0 Å². The second-order valence-corrected chi connectivity index (χ2v) is 9.75. The molecular formula is C27H34N4O3. The van der Waals surface area contributed by atoms with Gasteiger partial charge >= 0.3 is 11.7 Å². The van der Waals surface area contributed by atoms with Gasteiger partial charge in [-0.05, 0) is 57.2 Å². The van der Waals surface area contributed by atoms with Crippen LogP contribution in [0, 0.1) is 5.92 Å². The van der Waals surface area contributed by atoms with Gasteiger partial charge in [-0.1, -0.05) is 67.8 Å². The van der Waals surface area contributed by atoms with Crippen LogP contribution in [0.5, 0.6) is 0 Å². The maximum atomic E-state index is 13.2. The molecule has 1 saturated carbocycles. The molecule has 3 rings (SSSR count). The second kappa shape index (κ2) is 11.7. The van der Waals surface area contributed by atoms with Gasteiger partial charge in [0, 0.05) is 12.1 Å². The molecule has 7 nitrogen and oxygen atoms in total. The second-order valence-electron chi connectivity index (χ2n) is 9.75. The van der Waals surface area contributed by atoms with Crippen LogP contribution in [0.15, 0.2) is 60.7 Å². The van der Waals surface area contributed by atoms with Gasteiger partial charge in [-0.3, -0.25) is 10.2 Å². The fraction of sp³-hybridized carbons (Fsp3) is 0.444. The van der Waals surface area contributed by atoms with Gasteiger partial charge in [-0.15, -0.1) is 0 Å². The molecule has 0 heterocycles. The van der Waals surface area contributed by atoms with Crippen molar-refractivity contribution >= 4 is 17.6 Å². The maximum absolute atomic E-state index is 13.2. The Hall–Kier alpha value is -3.28. The molecule has 1 fully saturated rings. The van der Waals surface area contributed by atoms with Crippen LogP contribution in [0.3, 0.4) is 0 Å². The van der Waals surface area contributed by atoms with Crippen LogP contribution in [-0.4, -0.2) is 39.0 Å². The quantitative estimate of drug-likeness (QED) is 0.200. The lowest BCUT2D eigenvalue weighted by Gasteiger charge is -2.36. The molecule has 7 heteroatoms. The number of carbonyl (C=O) groups is 2. The van der Waals surface area contributed by atoms with E-state index < -0.39 is 17.6 Å². The number of hydrogen-bond donors (Lipinski definition) is 1. The van der Waals surface area contributed by atoms with E-state index in [9.17, 15) is 15.1 Å². The first-order chi connectivity index (χ1) is 16.3. The van der Waals surface area contributed by atoms with E-state index in [0.29, 0.717) is 12.1 Å². The number of ether oxygens (including phenoxy) is 1. The molecule has 34 heavy (non-hydrogen) atoms. The summed E-state index contributed by atoms with van der Waals surface area (Å²) < 4.78 is 5.58. The molecular weight excluding hydrogens is 428 g/mol. The van der Waals surface area contributed by atoms with E-state index in [1.165, 1.54) is 0 Å². The van der Waals surface area contributed by atoms with Gasteiger partial charge in [0.2, 0.25) is 0 Å². The summed E-state index contributed by atoms with van der Waals surface area (Å²) in [6.45, 7) is 5.65. The highest BCUT2D eigenvalue weighted by Crippen LogP contribution is 2.30. The minimum Gasteiger partial charge on any atom is -0.451 e. The van der Waals surface area contributed by atoms with Crippen LogP contribution >= 0.6 is 0 Å². The SMILES string of the molecule is CC(C)(C)OC(=O)C(=[N+]=[N-])[C@@H](C1CCCCC1)N(Cc1ccccc1)NC(=O)c1ccccc1. The summed E-state index contributed by atoms with van der Waals surface area (Å²) in [7, 11) is 0. The Labute approximate surface area is 201 Å². The predicted octanol–water partition coefficient (Wildman–Crippen LogP) is 4.80. The highest BCUT2D eigenvalue weighted by atomic mass is 16.6. The zero-order chi connectivity index (χ0) is 24.6. The van der Waals surface area contributed by atoms with Crippen molar-refractivity contribution in [3.63, 3.8) is 0 Å². The fourth-order valence-electron chi connectivity index (χ4n) is 4.40. The van der Waals surface area contributed by atoms with Gasteiger partial charge in [-0.2, -0.15) is 4.79 Å². The molecule has 0 bridgehead atoms. The van der Waals surface area contributed by atoms with Crippen LogP contribution in [0.2, 0.25) is 0 Å². The van der Waals surface area contributed by atoms with Crippen LogP contribution in [0.4, 0.5) is 0 Å². The highest BCUT2D eigenvalue weighted by Gasteiger charge is 2.44. The maximum Gasteiger partial charge on any atom is 0.419 e. The molecule has 1 N–H and O–H groups in total. The normalized spacial score (nSPS) is 15.3. The molecule has 0 saturated heterocycles. The Morgan fingerprint density at radius 2 is 1.62 bits per heavy atom. The first kappa shape index (κ1) is 25.3. The lowest BCUT2D eigenvalue weighted by molar-refractivity contribution is -0.152. The van der Waals surface area contributed by atoms with Crippen LogP contribution in [0.1, 0.15) is 68.8 Å². The minimum atomic E-state index is -0.748. The van der Waals surface area contributed by atoms with Crippen LogP contribution in [-0.2, 0) is 16.1 Å². The minimum absolute atomic E-state index is 0.0203. The summed E-state index contributed by atoms with van der Waals surface area (Å²) in [5.41, 5.74) is 13.6. The average Bonchev–Trinajstić information content (AvgIpc) is 2.82. The van der Waals surface area contributed by atoms with E-state index in [1.54, 1.807) is 50.0 Å². The van der Waals surface area contributed by atoms with Gasteiger partial charge in [-0.25, -0.2) is 9.80 Å². The zero-order valence-corrected chi connectivity index (χ0v) is 20.2. The molecule has 0 spiro atoms. The van der Waals surface area contributed by atoms with E-state index in [2.05, 4.69) is 10.2 Å². The summed E-state index contributed by atoms with van der Waals surface area (Å²) in [5.74, 6) is -0.955. The van der Waals surface area contributed by atoms with Gasteiger partial charge in [0.15, 0.2) is 0 Å². The fourth-order valence-corrected chi connectivity index (χ4v) is 4.40. The standard InChI is InChI=1S/C27H34N4O3/c1-27(2,3)34-26(33)23(29-28)24(21-15-9-5-10-16-21)31(19-20-13-7-4-8-14-20)30-25(32)22-17-11-6-12-18-22/h4,6-8,11-14,17-18,21,24H,5,9-10,15-16,19H2,1-3H3,(H,30,32)/t24-/m1/s1.